The summed E-state index contributed by atoms with van der Waals surface area (Å²) in [6, 6.07) is -1.01. The third-order valence-corrected chi connectivity index (χ3v) is 5.05. The molecule has 2 fully saturated rings. The molecule has 0 bridgehead atoms. The molecule has 0 saturated carbocycles. The molecule has 2 atom stereocenters. The van der Waals surface area contributed by atoms with E-state index in [2.05, 4.69) is 10.2 Å². The number of ether oxygens (including phenoxy) is 1. The summed E-state index contributed by atoms with van der Waals surface area (Å²) < 4.78 is 5.47. The summed E-state index contributed by atoms with van der Waals surface area (Å²) in [5, 5.41) is 2.39. The van der Waals surface area contributed by atoms with Crippen molar-refractivity contribution in [2.75, 3.05) is 59.5 Å². The minimum absolute atomic E-state index is 0.235. The monoisotopic (exact) mass is 381 g/mol. The lowest BCUT2D eigenvalue weighted by Gasteiger charge is -2.40. The Hall–Kier alpha value is -2.40. The first-order valence-corrected chi connectivity index (χ1v) is 9.17. The molecule has 3 aliphatic heterocycles. The Morgan fingerprint density at radius 1 is 1.30 bits per heavy atom. The van der Waals surface area contributed by atoms with Gasteiger partial charge in [-0.3, -0.25) is 19.8 Å². The molecule has 0 aromatic heterocycles. The molecule has 0 radical (unpaired) electrons. The summed E-state index contributed by atoms with van der Waals surface area (Å²) in [4.78, 5) is 47.7. The van der Waals surface area contributed by atoms with Crippen LogP contribution in [-0.2, 0) is 14.3 Å². The standard InChI is InChI=1S/C16H27N7O4/c1-3-27-9-8-23-12-13(20(2)16(26)19-14(12)25)18-15(23)22-6-4-21(5-7-22)10-11(17)24/h12-13H,3-10H2,1-2H3,(H2,17,24)(H,19,25,26). The van der Waals surface area contributed by atoms with Crippen LogP contribution in [0.15, 0.2) is 4.99 Å². The first-order valence-electron chi connectivity index (χ1n) is 9.17. The van der Waals surface area contributed by atoms with Crippen molar-refractivity contribution in [3.8, 4) is 0 Å². The van der Waals surface area contributed by atoms with E-state index in [9.17, 15) is 14.4 Å². The lowest BCUT2D eigenvalue weighted by molar-refractivity contribution is -0.127. The van der Waals surface area contributed by atoms with Gasteiger partial charge >= 0.3 is 6.03 Å². The van der Waals surface area contributed by atoms with Crippen molar-refractivity contribution in [3.05, 3.63) is 0 Å². The molecule has 0 spiro atoms. The Morgan fingerprint density at radius 2 is 2.00 bits per heavy atom. The zero-order valence-corrected chi connectivity index (χ0v) is 15.8. The molecule has 3 rings (SSSR count). The molecule has 0 aliphatic carbocycles. The molecular formula is C16H27N7O4. The van der Waals surface area contributed by atoms with Crippen LogP contribution in [0.3, 0.4) is 0 Å². The second kappa shape index (κ2) is 8.09. The molecule has 0 aromatic carbocycles. The van der Waals surface area contributed by atoms with Crippen molar-refractivity contribution >= 4 is 23.8 Å². The molecule has 27 heavy (non-hydrogen) atoms. The van der Waals surface area contributed by atoms with E-state index in [1.807, 2.05) is 16.7 Å². The van der Waals surface area contributed by atoms with E-state index in [4.69, 9.17) is 15.5 Å². The fourth-order valence-corrected chi connectivity index (χ4v) is 3.65. The van der Waals surface area contributed by atoms with Crippen LogP contribution < -0.4 is 11.1 Å². The number of nitrogens with zero attached hydrogens (tertiary/aromatic N) is 5. The van der Waals surface area contributed by atoms with E-state index in [1.165, 1.54) is 4.90 Å². The molecule has 0 aromatic rings. The van der Waals surface area contributed by atoms with Crippen LogP contribution in [0.1, 0.15) is 6.92 Å². The highest BCUT2D eigenvalue weighted by Crippen LogP contribution is 2.25. The van der Waals surface area contributed by atoms with Crippen molar-refractivity contribution in [2.24, 2.45) is 10.7 Å². The zero-order valence-electron chi connectivity index (χ0n) is 15.8. The Labute approximate surface area is 158 Å². The van der Waals surface area contributed by atoms with E-state index in [1.54, 1.807) is 7.05 Å². The molecular weight excluding hydrogens is 354 g/mol. The van der Waals surface area contributed by atoms with Crippen LogP contribution in [0.4, 0.5) is 4.79 Å². The number of likely N-dealkylation sites (N-methyl/N-ethyl adjacent to an activating group) is 1. The number of fused-ring (bicyclic) bond motifs is 1. The number of guanidine groups is 1. The van der Waals surface area contributed by atoms with Gasteiger partial charge in [-0.05, 0) is 6.92 Å². The topological polar surface area (TPSA) is 124 Å². The number of amides is 4. The number of rotatable bonds is 6. The molecule has 2 unspecified atom stereocenters. The van der Waals surface area contributed by atoms with Gasteiger partial charge in [0.1, 0.15) is 0 Å². The smallest absolute Gasteiger partial charge is 0.325 e. The highest BCUT2D eigenvalue weighted by atomic mass is 16.5. The lowest BCUT2D eigenvalue weighted by Crippen LogP contribution is -2.65. The summed E-state index contributed by atoms with van der Waals surface area (Å²) >= 11 is 0. The van der Waals surface area contributed by atoms with Gasteiger partial charge in [0.2, 0.25) is 5.91 Å². The number of hydrogen-bond acceptors (Lipinski definition) is 8. The number of carbonyl (C=O) groups is 3. The predicted octanol–water partition coefficient (Wildman–Crippen LogP) is -2.33. The number of imide groups is 1. The average molecular weight is 381 g/mol. The fourth-order valence-electron chi connectivity index (χ4n) is 3.65. The van der Waals surface area contributed by atoms with Crippen LogP contribution in [0.2, 0.25) is 0 Å². The quantitative estimate of drug-likeness (QED) is 0.495. The predicted molar refractivity (Wildman–Crippen MR) is 96.7 cm³/mol. The largest absolute Gasteiger partial charge is 0.380 e. The fraction of sp³-hybridized carbons (Fsp3) is 0.750. The average Bonchev–Trinajstić information content (AvgIpc) is 3.00. The maximum atomic E-state index is 12.5. The first-order chi connectivity index (χ1) is 12.9. The minimum Gasteiger partial charge on any atom is -0.380 e. The molecule has 11 heteroatoms. The Kier molecular flexibility index (Phi) is 5.80. The zero-order chi connectivity index (χ0) is 19.6. The van der Waals surface area contributed by atoms with Gasteiger partial charge in [0.25, 0.3) is 5.91 Å². The second-order valence-corrected chi connectivity index (χ2v) is 6.81. The molecule has 3 N–H and O–H groups in total. The molecule has 2 saturated heterocycles. The molecule has 11 nitrogen and oxygen atoms in total. The SMILES string of the molecule is CCOCCN1C(N2CCN(CC(N)=O)CC2)=NC2C1C(=O)NC(=O)N2C. The van der Waals surface area contributed by atoms with Gasteiger partial charge in [-0.15, -0.1) is 0 Å². The van der Waals surface area contributed by atoms with Gasteiger partial charge in [-0.1, -0.05) is 0 Å². The third kappa shape index (κ3) is 3.98. The summed E-state index contributed by atoms with van der Waals surface area (Å²) in [7, 11) is 1.64. The summed E-state index contributed by atoms with van der Waals surface area (Å²) in [6.45, 7) is 6.39. The normalized spacial score (nSPS) is 26.1. The maximum absolute atomic E-state index is 12.5. The number of urea groups is 1. The number of nitrogens with one attached hydrogen (secondary N) is 1. The Bertz CT molecular complexity index is 632. The molecule has 3 aliphatic rings. The summed E-state index contributed by atoms with van der Waals surface area (Å²) in [6.07, 6.45) is -0.550. The molecule has 150 valence electrons. The van der Waals surface area contributed by atoms with Gasteiger partial charge in [0.05, 0.1) is 13.2 Å². The molecule has 4 amide bonds. The lowest BCUT2D eigenvalue weighted by atomic mass is 10.1. The highest BCUT2D eigenvalue weighted by Gasteiger charge is 2.49. The van der Waals surface area contributed by atoms with E-state index in [0.717, 1.165) is 0 Å². The van der Waals surface area contributed by atoms with Gasteiger partial charge in [-0.2, -0.15) is 0 Å². The van der Waals surface area contributed by atoms with Crippen LogP contribution in [-0.4, -0.2) is 115 Å². The number of hydrogen-bond donors (Lipinski definition) is 2. The number of primary amides is 1. The number of nitrogens with two attached hydrogens (primary N) is 1. The van der Waals surface area contributed by atoms with E-state index in [-0.39, 0.29) is 18.4 Å². The number of aliphatic imine (C=N–C) groups is 1. The van der Waals surface area contributed by atoms with Crippen LogP contribution in [0.5, 0.6) is 0 Å². The van der Waals surface area contributed by atoms with Crippen molar-refractivity contribution in [1.29, 1.82) is 0 Å². The van der Waals surface area contributed by atoms with E-state index >= 15 is 0 Å². The second-order valence-electron chi connectivity index (χ2n) is 6.81. The van der Waals surface area contributed by atoms with Crippen molar-refractivity contribution in [2.45, 2.75) is 19.1 Å². The first kappa shape index (κ1) is 19.4. The maximum Gasteiger partial charge on any atom is 0.325 e. The Balaban J connectivity index is 1.75. The van der Waals surface area contributed by atoms with E-state index in [0.29, 0.717) is 51.9 Å². The van der Waals surface area contributed by atoms with E-state index < -0.39 is 18.2 Å². The van der Waals surface area contributed by atoms with Gasteiger partial charge in [0, 0.05) is 46.4 Å². The number of piperazine rings is 1. The summed E-state index contributed by atoms with van der Waals surface area (Å²) in [5.41, 5.74) is 5.27. The number of carbonyl (C=O) groups excluding carboxylic acids is 3. The van der Waals surface area contributed by atoms with Gasteiger partial charge < -0.3 is 25.2 Å². The van der Waals surface area contributed by atoms with Crippen LogP contribution in [0.25, 0.3) is 0 Å². The van der Waals surface area contributed by atoms with Crippen molar-refractivity contribution in [3.63, 3.8) is 0 Å². The third-order valence-electron chi connectivity index (χ3n) is 5.05. The Morgan fingerprint density at radius 3 is 2.63 bits per heavy atom. The van der Waals surface area contributed by atoms with Crippen molar-refractivity contribution in [1.82, 2.24) is 24.9 Å². The van der Waals surface area contributed by atoms with Gasteiger partial charge in [-0.25, -0.2) is 9.79 Å². The van der Waals surface area contributed by atoms with Crippen LogP contribution >= 0.6 is 0 Å². The summed E-state index contributed by atoms with van der Waals surface area (Å²) in [5.74, 6) is 0.00802. The van der Waals surface area contributed by atoms with Crippen molar-refractivity contribution < 1.29 is 19.1 Å². The molecule has 3 heterocycles. The minimum atomic E-state index is -0.563. The van der Waals surface area contributed by atoms with Crippen LogP contribution in [0, 0.1) is 0 Å². The highest BCUT2D eigenvalue weighted by molar-refractivity contribution is 6.03. The van der Waals surface area contributed by atoms with Gasteiger partial charge in [0.15, 0.2) is 18.2 Å².